The fraction of sp³-hybridized carbons (Fsp3) is 0.545. The fourth-order valence-corrected chi connectivity index (χ4v) is 1.50. The van der Waals surface area contributed by atoms with Crippen molar-refractivity contribution in [2.24, 2.45) is 0 Å². The topological polar surface area (TPSA) is 93.9 Å². The van der Waals surface area contributed by atoms with Crippen LogP contribution in [0.15, 0.2) is 12.7 Å². The Morgan fingerprint density at radius 2 is 2.20 bits per heavy atom. The maximum atomic E-state index is 5.06. The van der Waals surface area contributed by atoms with Crippen molar-refractivity contribution in [3.63, 3.8) is 0 Å². The van der Waals surface area contributed by atoms with Crippen LogP contribution in [0, 0.1) is 0 Å². The molecule has 108 valence electrons. The highest BCUT2D eigenvalue weighted by molar-refractivity contribution is 5.39. The van der Waals surface area contributed by atoms with E-state index >= 15 is 0 Å². The Hall–Kier alpha value is -2.29. The molecule has 0 saturated heterocycles. The standard InChI is InChI=1S/C11H18N8O/c1-4-13-9-15-10(18(2)5-6-20-3)17-11(16-9)19-8-12-7-14-19/h7-8H,4-6H2,1-3H3,(H,13,15,16,17). The minimum atomic E-state index is 0.424. The number of rotatable bonds is 7. The molecule has 0 aromatic carbocycles. The lowest BCUT2D eigenvalue weighted by molar-refractivity contribution is 0.206. The molecule has 0 saturated carbocycles. The van der Waals surface area contributed by atoms with Gasteiger partial charge < -0.3 is 15.0 Å². The van der Waals surface area contributed by atoms with Gasteiger partial charge in [0, 0.05) is 27.2 Å². The van der Waals surface area contributed by atoms with E-state index in [9.17, 15) is 0 Å². The summed E-state index contributed by atoms with van der Waals surface area (Å²) in [6, 6.07) is 0. The molecule has 9 heteroatoms. The van der Waals surface area contributed by atoms with Crippen LogP contribution in [0.3, 0.4) is 0 Å². The van der Waals surface area contributed by atoms with E-state index in [1.54, 1.807) is 13.4 Å². The van der Waals surface area contributed by atoms with Crippen LogP contribution < -0.4 is 10.2 Å². The van der Waals surface area contributed by atoms with Crippen molar-refractivity contribution < 1.29 is 4.74 Å². The third kappa shape index (κ3) is 3.38. The largest absolute Gasteiger partial charge is 0.383 e. The summed E-state index contributed by atoms with van der Waals surface area (Å²) in [4.78, 5) is 18.8. The Kier molecular flexibility index (Phi) is 4.77. The van der Waals surface area contributed by atoms with Gasteiger partial charge in [-0.2, -0.15) is 24.7 Å². The second-order valence-corrected chi connectivity index (χ2v) is 4.04. The normalized spacial score (nSPS) is 10.6. The van der Waals surface area contributed by atoms with Crippen LogP contribution in [-0.2, 0) is 4.74 Å². The van der Waals surface area contributed by atoms with E-state index in [1.807, 2.05) is 18.9 Å². The molecule has 2 aromatic rings. The molecule has 0 aliphatic rings. The number of ether oxygens (including phenoxy) is 1. The highest BCUT2D eigenvalue weighted by atomic mass is 16.5. The van der Waals surface area contributed by atoms with Crippen molar-refractivity contribution in [3.05, 3.63) is 12.7 Å². The molecule has 2 rings (SSSR count). The summed E-state index contributed by atoms with van der Waals surface area (Å²) >= 11 is 0. The Labute approximate surface area is 117 Å². The van der Waals surface area contributed by atoms with Gasteiger partial charge in [-0.1, -0.05) is 0 Å². The first kappa shape index (κ1) is 14.1. The van der Waals surface area contributed by atoms with E-state index in [1.165, 1.54) is 11.0 Å². The number of nitrogens with one attached hydrogen (secondary N) is 1. The molecular weight excluding hydrogens is 260 g/mol. The van der Waals surface area contributed by atoms with Gasteiger partial charge in [-0.25, -0.2) is 4.98 Å². The van der Waals surface area contributed by atoms with E-state index < -0.39 is 0 Å². The summed E-state index contributed by atoms with van der Waals surface area (Å²) in [6.45, 7) is 3.98. The number of aromatic nitrogens is 6. The monoisotopic (exact) mass is 278 g/mol. The van der Waals surface area contributed by atoms with Crippen LogP contribution in [0.4, 0.5) is 11.9 Å². The molecule has 0 aliphatic heterocycles. The third-order valence-electron chi connectivity index (χ3n) is 2.54. The van der Waals surface area contributed by atoms with E-state index in [-0.39, 0.29) is 0 Å². The molecule has 0 atom stereocenters. The molecule has 2 aromatic heterocycles. The van der Waals surface area contributed by atoms with Gasteiger partial charge in [0.25, 0.3) is 5.95 Å². The Bertz CT molecular complexity index is 529. The zero-order valence-electron chi connectivity index (χ0n) is 11.8. The number of hydrogen-bond acceptors (Lipinski definition) is 8. The summed E-state index contributed by atoms with van der Waals surface area (Å²) in [5, 5.41) is 7.11. The third-order valence-corrected chi connectivity index (χ3v) is 2.54. The van der Waals surface area contributed by atoms with E-state index in [0.29, 0.717) is 31.0 Å². The quantitative estimate of drug-likeness (QED) is 0.754. The van der Waals surface area contributed by atoms with Crippen LogP contribution in [0.2, 0.25) is 0 Å². The lowest BCUT2D eigenvalue weighted by Gasteiger charge is -2.17. The number of nitrogens with zero attached hydrogens (tertiary/aromatic N) is 7. The first-order chi connectivity index (χ1) is 9.74. The number of likely N-dealkylation sites (N-methyl/N-ethyl adjacent to an activating group) is 1. The number of methoxy groups -OCH3 is 1. The fourth-order valence-electron chi connectivity index (χ4n) is 1.50. The lowest BCUT2D eigenvalue weighted by Crippen LogP contribution is -2.25. The molecule has 2 heterocycles. The van der Waals surface area contributed by atoms with Crippen molar-refractivity contribution >= 4 is 11.9 Å². The van der Waals surface area contributed by atoms with Crippen molar-refractivity contribution in [1.29, 1.82) is 0 Å². The summed E-state index contributed by atoms with van der Waals surface area (Å²) in [7, 11) is 3.56. The van der Waals surface area contributed by atoms with Crippen LogP contribution in [0.25, 0.3) is 5.95 Å². The predicted molar refractivity (Wildman–Crippen MR) is 74.1 cm³/mol. The highest BCUT2D eigenvalue weighted by Crippen LogP contribution is 2.11. The van der Waals surface area contributed by atoms with Gasteiger partial charge in [0.1, 0.15) is 12.7 Å². The molecule has 1 N–H and O–H groups in total. The van der Waals surface area contributed by atoms with Gasteiger partial charge in [0.05, 0.1) is 6.61 Å². The van der Waals surface area contributed by atoms with Crippen LogP contribution in [0.5, 0.6) is 0 Å². The van der Waals surface area contributed by atoms with Crippen molar-refractivity contribution in [2.45, 2.75) is 6.92 Å². The smallest absolute Gasteiger partial charge is 0.258 e. The summed E-state index contributed by atoms with van der Waals surface area (Å²) in [5.74, 6) is 1.48. The number of hydrogen-bond donors (Lipinski definition) is 1. The molecule has 0 bridgehead atoms. The average Bonchev–Trinajstić information content (AvgIpc) is 2.99. The Morgan fingerprint density at radius 3 is 2.85 bits per heavy atom. The van der Waals surface area contributed by atoms with Crippen LogP contribution in [0.1, 0.15) is 6.92 Å². The zero-order valence-corrected chi connectivity index (χ0v) is 11.8. The van der Waals surface area contributed by atoms with Gasteiger partial charge in [0.2, 0.25) is 11.9 Å². The van der Waals surface area contributed by atoms with E-state index in [0.717, 1.165) is 6.54 Å². The Morgan fingerprint density at radius 1 is 1.35 bits per heavy atom. The molecule has 0 unspecified atom stereocenters. The van der Waals surface area contributed by atoms with Gasteiger partial charge >= 0.3 is 0 Å². The summed E-state index contributed by atoms with van der Waals surface area (Å²) in [6.07, 6.45) is 2.98. The molecule has 0 amide bonds. The van der Waals surface area contributed by atoms with Gasteiger partial charge in [-0.3, -0.25) is 0 Å². The first-order valence-corrected chi connectivity index (χ1v) is 6.29. The summed E-state index contributed by atoms with van der Waals surface area (Å²) < 4.78 is 6.55. The molecule has 0 radical (unpaired) electrons. The second-order valence-electron chi connectivity index (χ2n) is 4.04. The minimum Gasteiger partial charge on any atom is -0.383 e. The van der Waals surface area contributed by atoms with E-state index in [2.05, 4.69) is 30.4 Å². The molecule has 20 heavy (non-hydrogen) atoms. The maximum absolute atomic E-state index is 5.06. The van der Waals surface area contributed by atoms with Crippen LogP contribution >= 0.6 is 0 Å². The zero-order chi connectivity index (χ0) is 14.4. The average molecular weight is 278 g/mol. The summed E-state index contributed by atoms with van der Waals surface area (Å²) in [5.41, 5.74) is 0. The Balaban J connectivity index is 2.31. The number of anilines is 2. The molecule has 9 nitrogen and oxygen atoms in total. The van der Waals surface area contributed by atoms with Crippen LogP contribution in [-0.4, -0.2) is 63.6 Å². The molecule has 0 aliphatic carbocycles. The maximum Gasteiger partial charge on any atom is 0.258 e. The molecular formula is C11H18N8O. The van der Waals surface area contributed by atoms with Crippen molar-refractivity contribution in [2.75, 3.05) is 44.1 Å². The minimum absolute atomic E-state index is 0.424. The van der Waals surface area contributed by atoms with Gasteiger partial charge in [0.15, 0.2) is 0 Å². The first-order valence-electron chi connectivity index (χ1n) is 6.29. The second kappa shape index (κ2) is 6.75. The molecule has 0 fully saturated rings. The SMILES string of the molecule is CCNc1nc(N(C)CCOC)nc(-n2cncn2)n1. The van der Waals surface area contributed by atoms with Gasteiger partial charge in [-0.15, -0.1) is 0 Å². The molecule has 0 spiro atoms. The van der Waals surface area contributed by atoms with Crippen molar-refractivity contribution in [1.82, 2.24) is 29.7 Å². The van der Waals surface area contributed by atoms with Crippen molar-refractivity contribution in [3.8, 4) is 5.95 Å². The predicted octanol–water partition coefficient (Wildman–Crippen LogP) is -0.0333. The lowest BCUT2D eigenvalue weighted by atomic mass is 10.6. The highest BCUT2D eigenvalue weighted by Gasteiger charge is 2.11. The van der Waals surface area contributed by atoms with E-state index in [4.69, 9.17) is 4.74 Å². The van der Waals surface area contributed by atoms with Gasteiger partial charge in [-0.05, 0) is 6.92 Å².